The lowest BCUT2D eigenvalue weighted by Crippen LogP contribution is -2.39. The summed E-state index contributed by atoms with van der Waals surface area (Å²) in [5.41, 5.74) is 4.05. The Labute approximate surface area is 158 Å². The van der Waals surface area contributed by atoms with Crippen LogP contribution in [0.3, 0.4) is 0 Å². The van der Waals surface area contributed by atoms with Crippen molar-refractivity contribution in [2.24, 2.45) is 0 Å². The number of thiazole rings is 1. The third kappa shape index (κ3) is 5.09. The van der Waals surface area contributed by atoms with E-state index in [1.807, 2.05) is 19.1 Å². The average Bonchev–Trinajstić information content (AvgIpc) is 3.18. The van der Waals surface area contributed by atoms with Crippen molar-refractivity contribution in [3.63, 3.8) is 0 Å². The van der Waals surface area contributed by atoms with Crippen molar-refractivity contribution >= 4 is 17.2 Å². The van der Waals surface area contributed by atoms with Crippen molar-refractivity contribution in [3.05, 3.63) is 35.1 Å². The molecule has 0 unspecified atom stereocenters. The fourth-order valence-corrected chi connectivity index (χ4v) is 3.79. The van der Waals surface area contributed by atoms with Crippen LogP contribution in [0.1, 0.15) is 41.7 Å². The SMILES string of the molecule is COCCOC1CCC(NC(=O)c2cc(C)nc(-c3cncs3)c2)CC1. The third-order valence-corrected chi connectivity index (χ3v) is 5.35. The summed E-state index contributed by atoms with van der Waals surface area (Å²) in [5, 5.41) is 3.16. The van der Waals surface area contributed by atoms with E-state index in [2.05, 4.69) is 15.3 Å². The maximum atomic E-state index is 12.7. The molecule has 2 heterocycles. The Morgan fingerprint density at radius 2 is 2.08 bits per heavy atom. The first-order chi connectivity index (χ1) is 12.7. The molecule has 2 aromatic rings. The molecule has 0 radical (unpaired) electrons. The van der Waals surface area contributed by atoms with Crippen LogP contribution in [0.5, 0.6) is 0 Å². The van der Waals surface area contributed by atoms with Crippen LogP contribution in [-0.2, 0) is 9.47 Å². The minimum atomic E-state index is -0.0370. The Kier molecular flexibility index (Phi) is 6.71. The molecule has 1 N–H and O–H groups in total. The van der Waals surface area contributed by atoms with E-state index in [4.69, 9.17) is 9.47 Å². The second-order valence-corrected chi connectivity index (χ2v) is 7.45. The lowest BCUT2D eigenvalue weighted by molar-refractivity contribution is -0.00408. The highest BCUT2D eigenvalue weighted by atomic mass is 32.1. The van der Waals surface area contributed by atoms with Crippen LogP contribution >= 0.6 is 11.3 Å². The van der Waals surface area contributed by atoms with Gasteiger partial charge in [-0.25, -0.2) is 0 Å². The number of nitrogens with one attached hydrogen (secondary N) is 1. The highest BCUT2D eigenvalue weighted by Crippen LogP contribution is 2.24. The lowest BCUT2D eigenvalue weighted by Gasteiger charge is -2.29. The number of carbonyl (C=O) groups is 1. The van der Waals surface area contributed by atoms with Gasteiger partial charge in [0.2, 0.25) is 0 Å². The van der Waals surface area contributed by atoms with E-state index in [1.165, 1.54) is 11.3 Å². The monoisotopic (exact) mass is 375 g/mol. The topological polar surface area (TPSA) is 73.3 Å². The van der Waals surface area contributed by atoms with Gasteiger partial charge in [0.1, 0.15) is 0 Å². The van der Waals surface area contributed by atoms with E-state index in [1.54, 1.807) is 18.8 Å². The van der Waals surface area contributed by atoms with Gasteiger partial charge in [0.25, 0.3) is 5.91 Å². The standard InChI is InChI=1S/C19H25N3O3S/c1-13-9-14(10-17(21-13)18-11-20-12-26-18)19(23)22-15-3-5-16(6-4-15)25-8-7-24-2/h9-12,15-16H,3-8H2,1-2H3,(H,22,23). The molecule has 0 spiro atoms. The van der Waals surface area contributed by atoms with Crippen LogP contribution in [0.4, 0.5) is 0 Å². The quantitative estimate of drug-likeness (QED) is 0.752. The van der Waals surface area contributed by atoms with Crippen LogP contribution < -0.4 is 5.32 Å². The van der Waals surface area contributed by atoms with Crippen molar-refractivity contribution < 1.29 is 14.3 Å². The van der Waals surface area contributed by atoms with Gasteiger partial charge in [-0.3, -0.25) is 14.8 Å². The van der Waals surface area contributed by atoms with Crippen molar-refractivity contribution in [3.8, 4) is 10.6 Å². The minimum absolute atomic E-state index is 0.0370. The number of amides is 1. The maximum absolute atomic E-state index is 12.7. The molecular formula is C19H25N3O3S. The molecule has 0 aliphatic heterocycles. The van der Waals surface area contributed by atoms with Crippen LogP contribution in [-0.4, -0.2) is 48.3 Å². The Balaban J connectivity index is 1.56. The number of pyridine rings is 1. The normalized spacial score (nSPS) is 20.1. The number of aromatic nitrogens is 2. The molecular weight excluding hydrogens is 350 g/mol. The van der Waals surface area contributed by atoms with Gasteiger partial charge in [0.05, 0.1) is 35.4 Å². The predicted molar refractivity (Wildman–Crippen MR) is 101 cm³/mol. The van der Waals surface area contributed by atoms with Gasteiger partial charge in [-0.15, -0.1) is 11.3 Å². The van der Waals surface area contributed by atoms with Crippen molar-refractivity contribution in [2.45, 2.75) is 44.8 Å². The molecule has 1 saturated carbocycles. The van der Waals surface area contributed by atoms with Gasteiger partial charge < -0.3 is 14.8 Å². The van der Waals surface area contributed by atoms with Crippen molar-refractivity contribution in [1.29, 1.82) is 0 Å². The highest BCUT2D eigenvalue weighted by molar-refractivity contribution is 7.13. The number of aryl methyl sites for hydroxylation is 1. The molecule has 1 aliphatic carbocycles. The summed E-state index contributed by atoms with van der Waals surface area (Å²) in [6.07, 6.45) is 5.87. The van der Waals surface area contributed by atoms with E-state index in [9.17, 15) is 4.79 Å². The molecule has 1 fully saturated rings. The minimum Gasteiger partial charge on any atom is -0.382 e. The van der Waals surface area contributed by atoms with E-state index < -0.39 is 0 Å². The fraction of sp³-hybridized carbons (Fsp3) is 0.526. The van der Waals surface area contributed by atoms with Crippen LogP contribution in [0.2, 0.25) is 0 Å². The first-order valence-electron chi connectivity index (χ1n) is 8.94. The van der Waals surface area contributed by atoms with Crippen LogP contribution in [0.25, 0.3) is 10.6 Å². The zero-order chi connectivity index (χ0) is 18.4. The summed E-state index contributed by atoms with van der Waals surface area (Å²) in [6, 6.07) is 3.87. The first kappa shape index (κ1) is 18.9. The zero-order valence-electron chi connectivity index (χ0n) is 15.2. The summed E-state index contributed by atoms with van der Waals surface area (Å²) in [6.45, 7) is 3.17. The number of rotatable bonds is 7. The smallest absolute Gasteiger partial charge is 0.251 e. The molecule has 0 aromatic carbocycles. The molecule has 3 rings (SSSR count). The van der Waals surface area contributed by atoms with Gasteiger partial charge >= 0.3 is 0 Å². The highest BCUT2D eigenvalue weighted by Gasteiger charge is 2.23. The van der Waals surface area contributed by atoms with Gasteiger partial charge in [0.15, 0.2) is 0 Å². The Bertz CT molecular complexity index is 713. The molecule has 0 atom stereocenters. The Morgan fingerprint density at radius 3 is 2.77 bits per heavy atom. The molecule has 140 valence electrons. The second-order valence-electron chi connectivity index (χ2n) is 6.56. The molecule has 1 amide bonds. The van der Waals surface area contributed by atoms with Crippen LogP contribution in [0.15, 0.2) is 23.8 Å². The zero-order valence-corrected chi connectivity index (χ0v) is 16.1. The van der Waals surface area contributed by atoms with Crippen molar-refractivity contribution in [1.82, 2.24) is 15.3 Å². The van der Waals surface area contributed by atoms with Gasteiger partial charge in [-0.2, -0.15) is 0 Å². The molecule has 1 aliphatic rings. The molecule has 7 heteroatoms. The summed E-state index contributed by atoms with van der Waals surface area (Å²) in [4.78, 5) is 22.3. The second kappa shape index (κ2) is 9.21. The number of nitrogens with zero attached hydrogens (tertiary/aromatic N) is 2. The summed E-state index contributed by atoms with van der Waals surface area (Å²) in [7, 11) is 1.68. The number of ether oxygens (including phenoxy) is 2. The summed E-state index contributed by atoms with van der Waals surface area (Å²) in [5.74, 6) is -0.0370. The number of carbonyl (C=O) groups excluding carboxylic acids is 1. The summed E-state index contributed by atoms with van der Waals surface area (Å²) >= 11 is 1.52. The number of methoxy groups -OCH3 is 1. The lowest BCUT2D eigenvalue weighted by atomic mass is 9.92. The van der Waals surface area contributed by atoms with Gasteiger partial charge in [-0.05, 0) is 44.7 Å². The van der Waals surface area contributed by atoms with Crippen LogP contribution in [0, 0.1) is 6.92 Å². The molecule has 0 saturated heterocycles. The van der Waals surface area contributed by atoms with Gasteiger partial charge in [0, 0.05) is 30.6 Å². The Hall–Kier alpha value is -1.83. The van der Waals surface area contributed by atoms with E-state index in [0.717, 1.165) is 41.9 Å². The maximum Gasteiger partial charge on any atom is 0.251 e. The van der Waals surface area contributed by atoms with Crippen molar-refractivity contribution in [2.75, 3.05) is 20.3 Å². The third-order valence-electron chi connectivity index (χ3n) is 4.55. The largest absolute Gasteiger partial charge is 0.382 e. The van der Waals surface area contributed by atoms with E-state index in [-0.39, 0.29) is 18.1 Å². The van der Waals surface area contributed by atoms with E-state index >= 15 is 0 Å². The molecule has 2 aromatic heterocycles. The number of hydrogen-bond donors (Lipinski definition) is 1. The average molecular weight is 375 g/mol. The predicted octanol–water partition coefficient (Wildman–Crippen LogP) is 3.22. The molecule has 0 bridgehead atoms. The Morgan fingerprint density at radius 1 is 1.27 bits per heavy atom. The molecule has 6 nitrogen and oxygen atoms in total. The van der Waals surface area contributed by atoms with E-state index in [0.29, 0.717) is 18.8 Å². The number of hydrogen-bond acceptors (Lipinski definition) is 6. The van der Waals surface area contributed by atoms with Gasteiger partial charge in [-0.1, -0.05) is 0 Å². The summed E-state index contributed by atoms with van der Waals surface area (Å²) < 4.78 is 10.8. The first-order valence-corrected chi connectivity index (χ1v) is 9.82. The fourth-order valence-electron chi connectivity index (χ4n) is 3.21. The molecule has 26 heavy (non-hydrogen) atoms.